The van der Waals surface area contributed by atoms with Crippen molar-refractivity contribution < 1.29 is 13.9 Å². The van der Waals surface area contributed by atoms with Gasteiger partial charge in [0.1, 0.15) is 17.2 Å². The van der Waals surface area contributed by atoms with Gasteiger partial charge >= 0.3 is 0 Å². The second kappa shape index (κ2) is 9.82. The molecule has 0 radical (unpaired) electrons. The van der Waals surface area contributed by atoms with Crippen LogP contribution < -0.4 is 0 Å². The van der Waals surface area contributed by atoms with Crippen LogP contribution >= 0.6 is 0 Å². The monoisotopic (exact) mass is 412 g/mol. The summed E-state index contributed by atoms with van der Waals surface area (Å²) in [5.41, 5.74) is 3.71. The van der Waals surface area contributed by atoms with Crippen LogP contribution in [-0.2, 0) is 28.2 Å². The van der Waals surface area contributed by atoms with Crippen LogP contribution in [0.3, 0.4) is 0 Å². The molecule has 162 valence electrons. The highest BCUT2D eigenvalue weighted by Gasteiger charge is 2.41. The molecule has 1 aliphatic heterocycles. The van der Waals surface area contributed by atoms with E-state index in [9.17, 15) is 9.18 Å². The highest BCUT2D eigenvalue weighted by Crippen LogP contribution is 2.45. The van der Waals surface area contributed by atoms with Gasteiger partial charge in [-0.2, -0.15) is 0 Å². The first-order valence-corrected chi connectivity index (χ1v) is 10.6. The Balaban J connectivity index is 1.85. The van der Waals surface area contributed by atoms with Crippen LogP contribution in [0.4, 0.5) is 4.39 Å². The Morgan fingerprint density at radius 2 is 1.73 bits per heavy atom. The first kappa shape index (κ1) is 22.6. The van der Waals surface area contributed by atoms with Crippen LogP contribution in [0.5, 0.6) is 0 Å². The number of hydrogen-bond acceptors (Lipinski definition) is 4. The molecule has 2 aromatic carbocycles. The molecule has 0 aromatic heterocycles. The molecule has 0 saturated heterocycles. The first-order valence-electron chi connectivity index (χ1n) is 10.6. The number of fused-ring (bicyclic) bond motifs is 1. The van der Waals surface area contributed by atoms with Crippen LogP contribution in [0.2, 0.25) is 0 Å². The zero-order valence-corrected chi connectivity index (χ0v) is 18.6. The Labute approximate surface area is 179 Å². The predicted octanol–water partition coefficient (Wildman–Crippen LogP) is 4.00. The quantitative estimate of drug-likeness (QED) is 0.590. The predicted molar refractivity (Wildman–Crippen MR) is 118 cm³/mol. The van der Waals surface area contributed by atoms with Crippen LogP contribution in [0.1, 0.15) is 41.5 Å². The van der Waals surface area contributed by atoms with Crippen LogP contribution in [-0.4, -0.2) is 56.9 Å². The van der Waals surface area contributed by atoms with Crippen molar-refractivity contribution >= 4 is 5.78 Å². The molecular formula is C25H33FN2O2. The summed E-state index contributed by atoms with van der Waals surface area (Å²) in [4.78, 5) is 16.5. The maximum absolute atomic E-state index is 13.6. The Hall–Kier alpha value is -2.08. The van der Waals surface area contributed by atoms with E-state index in [2.05, 4.69) is 31.1 Å². The summed E-state index contributed by atoms with van der Waals surface area (Å²) in [6, 6.07) is 12.9. The van der Waals surface area contributed by atoms with Gasteiger partial charge in [0.25, 0.3) is 0 Å². The van der Waals surface area contributed by atoms with Gasteiger partial charge in [-0.05, 0) is 82.0 Å². The van der Waals surface area contributed by atoms with Crippen molar-refractivity contribution in [2.24, 2.45) is 0 Å². The normalized spacial score (nSPS) is 18.2. The summed E-state index contributed by atoms with van der Waals surface area (Å²) in [6.07, 6.45) is 2.80. The number of nitrogens with zero attached hydrogens (tertiary/aromatic N) is 2. The van der Waals surface area contributed by atoms with Crippen LogP contribution in [0, 0.1) is 5.82 Å². The molecular weight excluding hydrogens is 379 g/mol. The third-order valence-corrected chi connectivity index (χ3v) is 5.76. The maximum atomic E-state index is 13.6. The molecule has 2 aromatic rings. The largest absolute Gasteiger partial charge is 0.361 e. The van der Waals surface area contributed by atoms with Gasteiger partial charge in [0.15, 0.2) is 0 Å². The smallest absolute Gasteiger partial charge is 0.138 e. The zero-order chi connectivity index (χ0) is 21.7. The summed E-state index contributed by atoms with van der Waals surface area (Å²) < 4.78 is 20.0. The minimum atomic E-state index is -0.563. The van der Waals surface area contributed by atoms with Crippen molar-refractivity contribution in [2.45, 2.75) is 37.9 Å². The number of benzene rings is 2. The van der Waals surface area contributed by atoms with E-state index in [1.807, 2.05) is 37.2 Å². The average molecular weight is 413 g/mol. The number of Topliss-reactive ketones (excluding diaryl/α,β-unsaturated/α-hetero) is 1. The van der Waals surface area contributed by atoms with E-state index in [-0.39, 0.29) is 11.6 Å². The van der Waals surface area contributed by atoms with Gasteiger partial charge in [-0.1, -0.05) is 30.3 Å². The molecule has 5 heteroatoms. The molecule has 0 bridgehead atoms. The number of halogens is 1. The summed E-state index contributed by atoms with van der Waals surface area (Å²) in [6.45, 7) is 2.24. The Bertz CT molecular complexity index is 864. The van der Waals surface area contributed by atoms with Crippen molar-refractivity contribution in [3.05, 3.63) is 70.5 Å². The zero-order valence-electron chi connectivity index (χ0n) is 18.6. The molecule has 0 N–H and O–H groups in total. The number of ether oxygens (including phenoxy) is 1. The second-order valence-electron chi connectivity index (χ2n) is 8.79. The fraction of sp³-hybridized carbons (Fsp3) is 0.480. The number of carbonyl (C=O) groups is 1. The highest BCUT2D eigenvalue weighted by molar-refractivity contribution is 5.81. The second-order valence-corrected chi connectivity index (χ2v) is 8.79. The molecule has 0 fully saturated rings. The van der Waals surface area contributed by atoms with Gasteiger partial charge < -0.3 is 14.5 Å². The standard InChI is InChI=1S/C25H33FN2O2/c1-27(2)14-5-13-25(21-7-9-22(26)10-8-21)24-11-6-19(16-20(24)18-30-25)17-23(29)12-15-28(3)4/h6-11,16H,5,12-15,17-18H2,1-4H3. The van der Waals surface area contributed by atoms with Crippen molar-refractivity contribution in [1.82, 2.24) is 9.80 Å². The van der Waals surface area contributed by atoms with E-state index in [0.717, 1.165) is 48.2 Å². The maximum Gasteiger partial charge on any atom is 0.138 e. The summed E-state index contributed by atoms with van der Waals surface area (Å²) in [5, 5.41) is 0. The average Bonchev–Trinajstić information content (AvgIpc) is 3.05. The molecule has 1 unspecified atom stereocenters. The fourth-order valence-electron chi connectivity index (χ4n) is 4.17. The topological polar surface area (TPSA) is 32.8 Å². The summed E-state index contributed by atoms with van der Waals surface area (Å²) in [7, 11) is 8.08. The number of rotatable bonds is 10. The third-order valence-electron chi connectivity index (χ3n) is 5.76. The molecule has 0 amide bonds. The fourth-order valence-corrected chi connectivity index (χ4v) is 4.17. The molecule has 4 nitrogen and oxygen atoms in total. The lowest BCUT2D eigenvalue weighted by Crippen LogP contribution is -2.28. The molecule has 1 heterocycles. The Morgan fingerprint density at radius 1 is 1.03 bits per heavy atom. The Morgan fingerprint density at radius 3 is 2.40 bits per heavy atom. The molecule has 0 spiro atoms. The van der Waals surface area contributed by atoms with E-state index in [1.54, 1.807) is 0 Å². The third kappa shape index (κ3) is 5.34. The number of ketones is 1. The highest BCUT2D eigenvalue weighted by atomic mass is 19.1. The van der Waals surface area contributed by atoms with E-state index < -0.39 is 5.60 Å². The van der Waals surface area contributed by atoms with Gasteiger partial charge in [0.2, 0.25) is 0 Å². The van der Waals surface area contributed by atoms with Gasteiger partial charge in [0, 0.05) is 19.4 Å². The lowest BCUT2D eigenvalue weighted by molar-refractivity contribution is -0.118. The first-order chi connectivity index (χ1) is 14.3. The molecule has 0 saturated carbocycles. The molecule has 1 atom stereocenters. The summed E-state index contributed by atoms with van der Waals surface area (Å²) >= 11 is 0. The lowest BCUT2D eigenvalue weighted by Gasteiger charge is -2.31. The SMILES string of the molecule is CN(C)CCCC1(c2ccc(F)cc2)OCc2cc(CC(=O)CCN(C)C)ccc21. The molecule has 30 heavy (non-hydrogen) atoms. The number of carbonyl (C=O) groups excluding carboxylic acids is 1. The molecule has 0 aliphatic carbocycles. The minimum Gasteiger partial charge on any atom is -0.361 e. The van der Waals surface area contributed by atoms with Crippen molar-refractivity contribution in [2.75, 3.05) is 41.3 Å². The van der Waals surface area contributed by atoms with Gasteiger partial charge in [-0.3, -0.25) is 4.79 Å². The van der Waals surface area contributed by atoms with Gasteiger partial charge in [-0.25, -0.2) is 4.39 Å². The molecule has 3 rings (SSSR count). The lowest BCUT2D eigenvalue weighted by atomic mass is 9.81. The van der Waals surface area contributed by atoms with E-state index in [4.69, 9.17) is 4.74 Å². The van der Waals surface area contributed by atoms with Gasteiger partial charge in [0.05, 0.1) is 6.61 Å². The van der Waals surface area contributed by atoms with E-state index in [0.29, 0.717) is 19.4 Å². The van der Waals surface area contributed by atoms with Crippen molar-refractivity contribution in [1.29, 1.82) is 0 Å². The van der Waals surface area contributed by atoms with Crippen molar-refractivity contribution in [3.8, 4) is 0 Å². The summed E-state index contributed by atoms with van der Waals surface area (Å²) in [5.74, 6) is 0.00495. The number of hydrogen-bond donors (Lipinski definition) is 0. The molecule has 1 aliphatic rings. The van der Waals surface area contributed by atoms with Crippen LogP contribution in [0.15, 0.2) is 42.5 Å². The van der Waals surface area contributed by atoms with Crippen LogP contribution in [0.25, 0.3) is 0 Å². The van der Waals surface area contributed by atoms with Crippen molar-refractivity contribution in [3.63, 3.8) is 0 Å². The van der Waals surface area contributed by atoms with Gasteiger partial charge in [-0.15, -0.1) is 0 Å². The Kier molecular flexibility index (Phi) is 7.40. The minimum absolute atomic E-state index is 0.244. The van der Waals surface area contributed by atoms with E-state index in [1.165, 1.54) is 12.1 Å². The van der Waals surface area contributed by atoms with E-state index >= 15 is 0 Å².